The van der Waals surface area contributed by atoms with E-state index in [0.29, 0.717) is 28.5 Å². The highest BCUT2D eigenvalue weighted by atomic mass is 16.5. The van der Waals surface area contributed by atoms with Crippen LogP contribution in [0.4, 0.5) is 5.69 Å². The second kappa shape index (κ2) is 8.72. The van der Waals surface area contributed by atoms with Gasteiger partial charge in [0.05, 0.1) is 7.11 Å². The molecule has 0 fully saturated rings. The number of carbonyl (C=O) groups is 2. The first-order chi connectivity index (χ1) is 14.0. The summed E-state index contributed by atoms with van der Waals surface area (Å²) in [5.41, 5.74) is 1.75. The maximum absolute atomic E-state index is 12.4. The molecule has 0 aliphatic carbocycles. The van der Waals surface area contributed by atoms with E-state index in [4.69, 9.17) is 9.15 Å². The first-order valence-electron chi connectivity index (χ1n) is 8.78. The third-order valence-electron chi connectivity index (χ3n) is 4.18. The average Bonchev–Trinajstić information content (AvgIpc) is 3.21. The molecule has 0 bridgehead atoms. The zero-order chi connectivity index (χ0) is 20.8. The van der Waals surface area contributed by atoms with Crippen molar-refractivity contribution in [1.82, 2.24) is 0 Å². The van der Waals surface area contributed by atoms with E-state index in [1.54, 1.807) is 61.7 Å². The fourth-order valence-corrected chi connectivity index (χ4v) is 2.64. The highest BCUT2D eigenvalue weighted by molar-refractivity contribution is 6.09. The van der Waals surface area contributed by atoms with Gasteiger partial charge in [-0.05, 0) is 49.4 Å². The largest absolute Gasteiger partial charge is 0.497 e. The van der Waals surface area contributed by atoms with Crippen LogP contribution >= 0.6 is 0 Å². The minimum absolute atomic E-state index is 0.0412. The third-order valence-corrected chi connectivity index (χ3v) is 4.18. The zero-order valence-electron chi connectivity index (χ0n) is 15.9. The number of methoxy groups -OCH3 is 1. The molecule has 144 valence electrons. The van der Waals surface area contributed by atoms with Crippen molar-refractivity contribution in [2.24, 2.45) is 0 Å². The minimum atomic E-state index is -0.547. The van der Waals surface area contributed by atoms with E-state index in [1.165, 1.54) is 13.0 Å². The van der Waals surface area contributed by atoms with Crippen LogP contribution in [0.5, 0.6) is 5.75 Å². The van der Waals surface area contributed by atoms with E-state index in [0.717, 1.165) is 5.56 Å². The van der Waals surface area contributed by atoms with Gasteiger partial charge in [0.25, 0.3) is 5.91 Å². The maximum atomic E-state index is 12.4. The van der Waals surface area contributed by atoms with Crippen molar-refractivity contribution in [3.63, 3.8) is 0 Å². The Morgan fingerprint density at radius 2 is 1.86 bits per heavy atom. The molecule has 1 aromatic heterocycles. The van der Waals surface area contributed by atoms with E-state index < -0.39 is 5.91 Å². The molecule has 0 radical (unpaired) electrons. The summed E-state index contributed by atoms with van der Waals surface area (Å²) in [7, 11) is 1.55. The van der Waals surface area contributed by atoms with Gasteiger partial charge < -0.3 is 14.5 Å². The van der Waals surface area contributed by atoms with Gasteiger partial charge in [-0.3, -0.25) is 9.59 Å². The molecule has 0 unspecified atom stereocenters. The summed E-state index contributed by atoms with van der Waals surface area (Å²) in [4.78, 5) is 23.9. The van der Waals surface area contributed by atoms with Gasteiger partial charge in [-0.2, -0.15) is 5.26 Å². The number of Topliss-reactive ketones (excluding diaryl/α,β-unsaturated/α-hetero) is 1. The third kappa shape index (κ3) is 4.79. The number of carbonyl (C=O) groups excluding carboxylic acids is 2. The van der Waals surface area contributed by atoms with E-state index in [1.807, 2.05) is 12.1 Å². The van der Waals surface area contributed by atoms with Crippen LogP contribution in [0, 0.1) is 11.3 Å². The molecule has 1 amide bonds. The van der Waals surface area contributed by atoms with Crippen molar-refractivity contribution in [2.75, 3.05) is 12.4 Å². The molecule has 1 N–H and O–H groups in total. The number of hydrogen-bond donors (Lipinski definition) is 1. The van der Waals surface area contributed by atoms with Crippen LogP contribution in [0.1, 0.15) is 23.0 Å². The zero-order valence-corrected chi connectivity index (χ0v) is 15.9. The molecule has 6 heteroatoms. The van der Waals surface area contributed by atoms with Crippen LogP contribution in [0.3, 0.4) is 0 Å². The van der Waals surface area contributed by atoms with Crippen LogP contribution in [0.25, 0.3) is 17.4 Å². The highest BCUT2D eigenvalue weighted by Crippen LogP contribution is 2.25. The lowest BCUT2D eigenvalue weighted by Gasteiger charge is -2.05. The van der Waals surface area contributed by atoms with E-state index in [2.05, 4.69) is 5.32 Å². The fraction of sp³-hybridized carbons (Fsp3) is 0.0870. The van der Waals surface area contributed by atoms with Crippen molar-refractivity contribution in [2.45, 2.75) is 6.92 Å². The Morgan fingerprint density at radius 3 is 2.52 bits per heavy atom. The topological polar surface area (TPSA) is 92.3 Å². The molecule has 6 nitrogen and oxygen atoms in total. The van der Waals surface area contributed by atoms with Crippen molar-refractivity contribution < 1.29 is 18.7 Å². The number of benzene rings is 2. The van der Waals surface area contributed by atoms with Crippen molar-refractivity contribution in [1.29, 1.82) is 5.26 Å². The number of anilines is 1. The number of rotatable bonds is 6. The number of ketones is 1. The molecule has 29 heavy (non-hydrogen) atoms. The second-order valence-electron chi connectivity index (χ2n) is 6.19. The molecular weight excluding hydrogens is 368 g/mol. The number of ether oxygens (including phenoxy) is 1. The highest BCUT2D eigenvalue weighted by Gasteiger charge is 2.12. The minimum Gasteiger partial charge on any atom is -0.497 e. The van der Waals surface area contributed by atoms with Crippen LogP contribution < -0.4 is 10.1 Å². The van der Waals surface area contributed by atoms with Crippen molar-refractivity contribution in [3.05, 3.63) is 77.6 Å². The Balaban J connectivity index is 1.79. The lowest BCUT2D eigenvalue weighted by atomic mass is 10.1. The number of amides is 1. The Labute approximate surface area is 168 Å². The standard InChI is InChI=1S/C23H18N2O4/c1-15(26)16-4-3-5-17(12-16)22-11-10-21(29-22)13-18(14-24)23(27)25-19-6-8-20(28-2)9-7-19/h3-13H,1-2H3,(H,25,27)/b18-13-. The number of nitrogens with zero attached hydrogens (tertiary/aromatic N) is 1. The van der Waals surface area contributed by atoms with Crippen LogP contribution in [0.2, 0.25) is 0 Å². The monoisotopic (exact) mass is 386 g/mol. The molecule has 0 saturated carbocycles. The normalized spacial score (nSPS) is 10.9. The van der Waals surface area contributed by atoms with Gasteiger partial charge in [0.2, 0.25) is 0 Å². The van der Waals surface area contributed by atoms with E-state index >= 15 is 0 Å². The predicted molar refractivity (Wildman–Crippen MR) is 109 cm³/mol. The first kappa shape index (κ1) is 19.6. The molecule has 0 saturated heterocycles. The predicted octanol–water partition coefficient (Wildman–Crippen LogP) is 4.70. The van der Waals surface area contributed by atoms with E-state index in [-0.39, 0.29) is 11.4 Å². The van der Waals surface area contributed by atoms with Crippen LogP contribution in [0.15, 0.2) is 70.7 Å². The summed E-state index contributed by atoms with van der Waals surface area (Å²) in [6.07, 6.45) is 1.37. The molecule has 3 rings (SSSR count). The quantitative estimate of drug-likeness (QED) is 0.376. The maximum Gasteiger partial charge on any atom is 0.266 e. The number of nitriles is 1. The van der Waals surface area contributed by atoms with Gasteiger partial charge in [-0.25, -0.2) is 0 Å². The van der Waals surface area contributed by atoms with Crippen molar-refractivity contribution >= 4 is 23.5 Å². The summed E-state index contributed by atoms with van der Waals surface area (Å²) >= 11 is 0. The van der Waals surface area contributed by atoms with Gasteiger partial charge >= 0.3 is 0 Å². The Morgan fingerprint density at radius 1 is 1.10 bits per heavy atom. The summed E-state index contributed by atoms with van der Waals surface area (Å²) in [5.74, 6) is 0.965. The number of furan rings is 1. The Bertz CT molecular complexity index is 1120. The molecule has 3 aromatic rings. The lowest BCUT2D eigenvalue weighted by molar-refractivity contribution is -0.112. The fourth-order valence-electron chi connectivity index (χ4n) is 2.64. The van der Waals surface area contributed by atoms with Crippen LogP contribution in [-0.2, 0) is 4.79 Å². The average molecular weight is 386 g/mol. The number of nitrogens with one attached hydrogen (secondary N) is 1. The molecule has 2 aromatic carbocycles. The summed E-state index contributed by atoms with van der Waals surface area (Å²) in [6, 6.07) is 19.1. The summed E-state index contributed by atoms with van der Waals surface area (Å²) < 4.78 is 10.8. The van der Waals surface area contributed by atoms with Gasteiger partial charge in [0, 0.05) is 22.9 Å². The number of hydrogen-bond acceptors (Lipinski definition) is 5. The first-order valence-corrected chi connectivity index (χ1v) is 8.78. The summed E-state index contributed by atoms with van der Waals surface area (Å²) in [5, 5.41) is 12.0. The molecular formula is C23H18N2O4. The van der Waals surface area contributed by atoms with Gasteiger partial charge in [0.15, 0.2) is 5.78 Å². The second-order valence-corrected chi connectivity index (χ2v) is 6.19. The lowest BCUT2D eigenvalue weighted by Crippen LogP contribution is -2.13. The summed E-state index contributed by atoms with van der Waals surface area (Å²) in [6.45, 7) is 1.50. The smallest absolute Gasteiger partial charge is 0.266 e. The van der Waals surface area contributed by atoms with Gasteiger partial charge in [-0.1, -0.05) is 18.2 Å². The molecule has 0 aliphatic rings. The molecule has 0 atom stereocenters. The molecule has 0 spiro atoms. The molecule has 1 heterocycles. The van der Waals surface area contributed by atoms with Crippen LogP contribution in [-0.4, -0.2) is 18.8 Å². The Hall–Kier alpha value is -4.11. The molecule has 0 aliphatic heterocycles. The van der Waals surface area contributed by atoms with Gasteiger partial charge in [0.1, 0.15) is 28.9 Å². The van der Waals surface area contributed by atoms with E-state index in [9.17, 15) is 14.9 Å². The Kier molecular flexibility index (Phi) is 5.91. The van der Waals surface area contributed by atoms with Gasteiger partial charge in [-0.15, -0.1) is 0 Å². The SMILES string of the molecule is COc1ccc(NC(=O)/C(C#N)=C\c2ccc(-c3cccc(C(C)=O)c3)o2)cc1. The van der Waals surface area contributed by atoms with Crippen molar-refractivity contribution in [3.8, 4) is 23.1 Å².